The Hall–Kier alpha value is -0.780. The van der Waals surface area contributed by atoms with Crippen LogP contribution in [0.1, 0.15) is 110 Å². The van der Waals surface area contributed by atoms with E-state index in [0.717, 1.165) is 35.5 Å². The zero-order chi connectivity index (χ0) is 20.5. The van der Waals surface area contributed by atoms with Gasteiger partial charge in [-0.05, 0) is 119 Å². The monoisotopic (exact) mass is 396 g/mol. The Morgan fingerprint density at radius 2 is 1.52 bits per heavy atom. The molecule has 3 rings (SSSR count). The summed E-state index contributed by atoms with van der Waals surface area (Å²) in [5.74, 6) is 5.23. The first kappa shape index (κ1) is 22.9. The summed E-state index contributed by atoms with van der Waals surface area (Å²) in [5, 5.41) is 0. The van der Waals surface area contributed by atoms with Crippen molar-refractivity contribution in [2.75, 3.05) is 0 Å². The Balaban J connectivity index is 1.43. The van der Waals surface area contributed by atoms with E-state index < -0.39 is 0 Å². The van der Waals surface area contributed by atoms with Crippen LogP contribution in [0.3, 0.4) is 0 Å². The first-order chi connectivity index (χ1) is 14.2. The largest absolute Gasteiger partial charge is 0.0993 e. The summed E-state index contributed by atoms with van der Waals surface area (Å²) >= 11 is 0. The molecule has 0 aliphatic heterocycles. The van der Waals surface area contributed by atoms with Crippen molar-refractivity contribution in [2.24, 2.45) is 35.5 Å². The zero-order valence-electron chi connectivity index (χ0n) is 19.6. The molecule has 0 radical (unpaired) electrons. The second kappa shape index (κ2) is 12.2. The van der Waals surface area contributed by atoms with Crippen LogP contribution in [0.5, 0.6) is 0 Å². The molecule has 0 spiro atoms. The van der Waals surface area contributed by atoms with E-state index in [4.69, 9.17) is 0 Å². The number of hydrogen-bond donors (Lipinski definition) is 0. The quantitative estimate of drug-likeness (QED) is 0.358. The van der Waals surface area contributed by atoms with Gasteiger partial charge in [0.05, 0.1) is 0 Å². The van der Waals surface area contributed by atoms with Gasteiger partial charge >= 0.3 is 0 Å². The van der Waals surface area contributed by atoms with Crippen molar-refractivity contribution in [3.8, 4) is 0 Å². The molecule has 0 nitrogen and oxygen atoms in total. The van der Waals surface area contributed by atoms with Crippen LogP contribution in [0.4, 0.5) is 0 Å². The van der Waals surface area contributed by atoms with Crippen LogP contribution < -0.4 is 0 Å². The van der Waals surface area contributed by atoms with Crippen LogP contribution >= 0.6 is 0 Å². The summed E-state index contributed by atoms with van der Waals surface area (Å²) < 4.78 is 0. The molecule has 2 atom stereocenters. The SMILES string of the molecule is C=C(C1CCC(CC)CC1)C1CCCCC1/C=C/CCC1CCC(/C=C/C)CC1. The van der Waals surface area contributed by atoms with E-state index in [0.29, 0.717) is 0 Å². The van der Waals surface area contributed by atoms with Gasteiger partial charge in [0.1, 0.15) is 0 Å². The van der Waals surface area contributed by atoms with E-state index in [2.05, 4.69) is 44.7 Å². The molecule has 29 heavy (non-hydrogen) atoms. The lowest BCUT2D eigenvalue weighted by molar-refractivity contribution is 0.248. The summed E-state index contributed by atoms with van der Waals surface area (Å²) in [6, 6.07) is 0. The molecule has 0 N–H and O–H groups in total. The number of allylic oxidation sites excluding steroid dienone is 5. The molecule has 0 amide bonds. The van der Waals surface area contributed by atoms with Gasteiger partial charge in [-0.1, -0.05) is 62.6 Å². The normalized spacial score (nSPS) is 36.6. The molecule has 2 unspecified atom stereocenters. The van der Waals surface area contributed by atoms with Gasteiger partial charge in [-0.25, -0.2) is 0 Å². The van der Waals surface area contributed by atoms with Gasteiger partial charge < -0.3 is 0 Å². The molecule has 3 aliphatic carbocycles. The predicted molar refractivity (Wildman–Crippen MR) is 129 cm³/mol. The lowest BCUT2D eigenvalue weighted by Gasteiger charge is -2.37. The molecule has 0 aromatic rings. The highest BCUT2D eigenvalue weighted by Gasteiger charge is 2.31. The lowest BCUT2D eigenvalue weighted by atomic mass is 9.68. The van der Waals surface area contributed by atoms with E-state index in [1.807, 2.05) is 0 Å². The van der Waals surface area contributed by atoms with Gasteiger partial charge in [-0.2, -0.15) is 0 Å². The molecule has 0 bridgehead atoms. The maximum Gasteiger partial charge on any atom is -0.0140 e. The third kappa shape index (κ3) is 6.86. The molecule has 164 valence electrons. The number of hydrogen-bond acceptors (Lipinski definition) is 0. The summed E-state index contributed by atoms with van der Waals surface area (Å²) in [4.78, 5) is 0. The smallest absolute Gasteiger partial charge is 0.0140 e. The third-order valence-electron chi connectivity index (χ3n) is 8.73. The Morgan fingerprint density at radius 1 is 0.828 bits per heavy atom. The van der Waals surface area contributed by atoms with E-state index in [-0.39, 0.29) is 0 Å². The second-order valence-corrected chi connectivity index (χ2v) is 10.6. The average Bonchev–Trinajstić information content (AvgIpc) is 2.78. The van der Waals surface area contributed by atoms with Crippen LogP contribution in [-0.2, 0) is 0 Å². The van der Waals surface area contributed by atoms with Gasteiger partial charge in [0, 0.05) is 0 Å². The minimum absolute atomic E-state index is 0.777. The number of rotatable bonds is 8. The Labute approximate surface area is 182 Å². The van der Waals surface area contributed by atoms with Crippen molar-refractivity contribution in [1.29, 1.82) is 0 Å². The van der Waals surface area contributed by atoms with Crippen molar-refractivity contribution in [3.05, 3.63) is 36.5 Å². The molecule has 0 aromatic carbocycles. The van der Waals surface area contributed by atoms with Crippen molar-refractivity contribution < 1.29 is 0 Å². The van der Waals surface area contributed by atoms with Gasteiger partial charge in [-0.15, -0.1) is 0 Å². The minimum atomic E-state index is 0.777. The minimum Gasteiger partial charge on any atom is -0.0993 e. The van der Waals surface area contributed by atoms with E-state index in [9.17, 15) is 0 Å². The van der Waals surface area contributed by atoms with Gasteiger partial charge in [0.25, 0.3) is 0 Å². The van der Waals surface area contributed by atoms with E-state index >= 15 is 0 Å². The third-order valence-corrected chi connectivity index (χ3v) is 8.73. The summed E-state index contributed by atoms with van der Waals surface area (Å²) in [7, 11) is 0. The highest BCUT2D eigenvalue weighted by atomic mass is 14.4. The highest BCUT2D eigenvalue weighted by molar-refractivity contribution is 5.13. The molecule has 0 aromatic heterocycles. The Kier molecular flexibility index (Phi) is 9.60. The Bertz CT molecular complexity index is 522. The van der Waals surface area contributed by atoms with Crippen LogP contribution in [-0.4, -0.2) is 0 Å². The predicted octanol–water partition coefficient (Wildman–Crippen LogP) is 9.28. The molecule has 3 aliphatic rings. The van der Waals surface area contributed by atoms with E-state index in [1.54, 1.807) is 5.57 Å². The lowest BCUT2D eigenvalue weighted by Crippen LogP contribution is -2.25. The van der Waals surface area contributed by atoms with Crippen molar-refractivity contribution in [3.63, 3.8) is 0 Å². The molecule has 0 saturated heterocycles. The second-order valence-electron chi connectivity index (χ2n) is 10.6. The molecule has 0 heterocycles. The Morgan fingerprint density at radius 3 is 2.21 bits per heavy atom. The fourth-order valence-electron chi connectivity index (χ4n) is 6.64. The van der Waals surface area contributed by atoms with E-state index in [1.165, 1.54) is 96.3 Å². The summed E-state index contributed by atoms with van der Waals surface area (Å²) in [5.41, 5.74) is 1.64. The van der Waals surface area contributed by atoms with Gasteiger partial charge in [0.15, 0.2) is 0 Å². The molecular formula is C29H48. The van der Waals surface area contributed by atoms with Gasteiger partial charge in [-0.3, -0.25) is 0 Å². The zero-order valence-corrected chi connectivity index (χ0v) is 19.6. The summed E-state index contributed by atoms with van der Waals surface area (Å²) in [6.07, 6.45) is 31.1. The van der Waals surface area contributed by atoms with Crippen molar-refractivity contribution in [1.82, 2.24) is 0 Å². The van der Waals surface area contributed by atoms with Crippen LogP contribution in [0.25, 0.3) is 0 Å². The van der Waals surface area contributed by atoms with Crippen molar-refractivity contribution in [2.45, 2.75) is 110 Å². The fraction of sp³-hybridized carbons (Fsp3) is 0.793. The fourth-order valence-corrected chi connectivity index (χ4v) is 6.64. The van der Waals surface area contributed by atoms with Gasteiger partial charge in [0.2, 0.25) is 0 Å². The standard InChI is InChI=1S/C29H48/c1-4-10-25-15-17-26(18-16-25)11-6-7-12-28-13-8-9-14-29(28)23(3)27-21-19-24(5-2)20-22-27/h4,7,10,12,24-29H,3,5-6,8-9,11,13-22H2,1-2H3/b10-4+,12-7+. The van der Waals surface area contributed by atoms with Crippen LogP contribution in [0, 0.1) is 35.5 Å². The molecule has 3 fully saturated rings. The highest BCUT2D eigenvalue weighted by Crippen LogP contribution is 2.43. The maximum absolute atomic E-state index is 4.69. The van der Waals surface area contributed by atoms with Crippen LogP contribution in [0.15, 0.2) is 36.5 Å². The van der Waals surface area contributed by atoms with Crippen LogP contribution in [0.2, 0.25) is 0 Å². The molecule has 0 heteroatoms. The topological polar surface area (TPSA) is 0 Å². The first-order valence-electron chi connectivity index (χ1n) is 13.2. The summed E-state index contributed by atoms with van der Waals surface area (Å²) in [6.45, 7) is 9.23. The maximum atomic E-state index is 4.69. The average molecular weight is 397 g/mol. The van der Waals surface area contributed by atoms with Crippen molar-refractivity contribution >= 4 is 0 Å². The molecular weight excluding hydrogens is 348 g/mol. The first-order valence-corrected chi connectivity index (χ1v) is 13.2. The molecule has 3 saturated carbocycles.